The molecular formula is C41H32N3P. The minimum absolute atomic E-state index is 0.655. The normalized spacial score (nSPS) is 13.2. The Kier molecular flexibility index (Phi) is 6.97. The van der Waals surface area contributed by atoms with Crippen LogP contribution in [0.5, 0.6) is 0 Å². The molecule has 3 nitrogen and oxygen atoms in total. The molecule has 0 aliphatic heterocycles. The summed E-state index contributed by atoms with van der Waals surface area (Å²) in [7, 11) is -0.655. The van der Waals surface area contributed by atoms with Gasteiger partial charge in [0.1, 0.15) is 5.65 Å². The van der Waals surface area contributed by atoms with Crippen molar-refractivity contribution in [2.75, 3.05) is 0 Å². The van der Waals surface area contributed by atoms with Gasteiger partial charge >= 0.3 is 0 Å². The molecule has 3 aromatic heterocycles. The van der Waals surface area contributed by atoms with Gasteiger partial charge in [-0.3, -0.25) is 9.38 Å². The fourth-order valence-corrected chi connectivity index (χ4v) is 9.08. The number of pyridine rings is 2. The van der Waals surface area contributed by atoms with E-state index in [0.717, 1.165) is 50.3 Å². The first-order valence-electron chi connectivity index (χ1n) is 15.5. The standard InChI is InChI=1S/C41H32N3P/c1-3-11-31(12-4-2)45(32-14-6-5-7-15-32)33-22-18-28(19-23-33)30-21-25-37-35(27-30)39-34(24-20-29-13-10-26-42-40(29)39)41-43-36-16-8-9-17-38(36)44(37)41/h3,5-27H,4H2,1-2H3/b11-3-,31-12+. The summed E-state index contributed by atoms with van der Waals surface area (Å²) in [5.74, 6) is 0. The first kappa shape index (κ1) is 27.4. The largest absolute Gasteiger partial charge is 0.292 e. The van der Waals surface area contributed by atoms with E-state index in [1.807, 2.05) is 12.3 Å². The average Bonchev–Trinajstić information content (AvgIpc) is 3.49. The Labute approximate surface area is 264 Å². The average molecular weight is 598 g/mol. The Morgan fingerprint density at radius 1 is 0.733 bits per heavy atom. The molecule has 0 aliphatic carbocycles. The third kappa shape index (κ3) is 4.63. The van der Waals surface area contributed by atoms with Crippen LogP contribution in [0.25, 0.3) is 60.4 Å². The van der Waals surface area contributed by atoms with Crippen molar-refractivity contribution in [1.29, 1.82) is 0 Å². The van der Waals surface area contributed by atoms with Crippen LogP contribution in [-0.2, 0) is 0 Å². The molecule has 0 fully saturated rings. The van der Waals surface area contributed by atoms with Crippen LogP contribution in [0.4, 0.5) is 0 Å². The van der Waals surface area contributed by atoms with Gasteiger partial charge in [0.05, 0.1) is 22.1 Å². The number of aromatic nitrogens is 3. The molecule has 0 spiro atoms. The van der Waals surface area contributed by atoms with Crippen molar-refractivity contribution < 1.29 is 0 Å². The molecule has 8 rings (SSSR count). The van der Waals surface area contributed by atoms with Crippen LogP contribution in [0.15, 0.2) is 151 Å². The lowest BCUT2D eigenvalue weighted by molar-refractivity contribution is 1.22. The highest BCUT2D eigenvalue weighted by Gasteiger charge is 2.19. The van der Waals surface area contributed by atoms with Crippen molar-refractivity contribution in [3.63, 3.8) is 0 Å². The molecule has 216 valence electrons. The van der Waals surface area contributed by atoms with Gasteiger partial charge in [0.2, 0.25) is 0 Å². The first-order valence-corrected chi connectivity index (χ1v) is 16.9. The van der Waals surface area contributed by atoms with Gasteiger partial charge in [-0.15, -0.1) is 0 Å². The van der Waals surface area contributed by atoms with Crippen molar-refractivity contribution in [2.45, 2.75) is 20.3 Å². The van der Waals surface area contributed by atoms with E-state index in [-0.39, 0.29) is 0 Å². The molecule has 8 aromatic rings. The predicted molar refractivity (Wildman–Crippen MR) is 194 cm³/mol. The van der Waals surface area contributed by atoms with Crippen molar-refractivity contribution >= 4 is 67.8 Å². The van der Waals surface area contributed by atoms with E-state index in [0.29, 0.717) is 0 Å². The number of hydrogen-bond acceptors (Lipinski definition) is 2. The van der Waals surface area contributed by atoms with Gasteiger partial charge in [0.25, 0.3) is 0 Å². The van der Waals surface area contributed by atoms with Crippen LogP contribution >= 0.6 is 7.92 Å². The number of benzene rings is 5. The monoisotopic (exact) mass is 597 g/mol. The summed E-state index contributed by atoms with van der Waals surface area (Å²) in [6, 6.07) is 43.9. The maximum atomic E-state index is 5.10. The van der Waals surface area contributed by atoms with Crippen molar-refractivity contribution in [1.82, 2.24) is 14.4 Å². The van der Waals surface area contributed by atoms with Crippen LogP contribution in [-0.4, -0.2) is 14.4 Å². The zero-order chi connectivity index (χ0) is 30.3. The second-order valence-electron chi connectivity index (χ2n) is 11.3. The summed E-state index contributed by atoms with van der Waals surface area (Å²) >= 11 is 0. The summed E-state index contributed by atoms with van der Waals surface area (Å²) in [5.41, 5.74) is 7.62. The molecule has 5 aromatic carbocycles. The highest BCUT2D eigenvalue weighted by Crippen LogP contribution is 2.44. The molecule has 1 unspecified atom stereocenters. The zero-order valence-corrected chi connectivity index (χ0v) is 26.2. The maximum absolute atomic E-state index is 5.10. The molecule has 3 heterocycles. The summed E-state index contributed by atoms with van der Waals surface area (Å²) in [6.07, 6.45) is 9.72. The summed E-state index contributed by atoms with van der Waals surface area (Å²) < 4.78 is 2.31. The molecule has 1 atom stereocenters. The van der Waals surface area contributed by atoms with E-state index in [9.17, 15) is 0 Å². The molecule has 0 N–H and O–H groups in total. The highest BCUT2D eigenvalue weighted by atomic mass is 31.1. The van der Waals surface area contributed by atoms with Gasteiger partial charge in [-0.05, 0) is 84.7 Å². The summed E-state index contributed by atoms with van der Waals surface area (Å²) in [4.78, 5) is 9.98. The minimum atomic E-state index is -0.655. The third-order valence-corrected chi connectivity index (χ3v) is 11.0. The number of rotatable bonds is 6. The molecular weight excluding hydrogens is 565 g/mol. The van der Waals surface area contributed by atoms with Crippen LogP contribution in [0.2, 0.25) is 0 Å². The van der Waals surface area contributed by atoms with Gasteiger partial charge in [0.15, 0.2) is 0 Å². The highest BCUT2D eigenvalue weighted by molar-refractivity contribution is 7.77. The molecule has 4 heteroatoms. The molecule has 45 heavy (non-hydrogen) atoms. The minimum Gasteiger partial charge on any atom is -0.292 e. The van der Waals surface area contributed by atoms with Gasteiger partial charge in [-0.25, -0.2) is 4.98 Å². The number of hydrogen-bond donors (Lipinski definition) is 0. The van der Waals surface area contributed by atoms with Crippen molar-refractivity contribution in [3.8, 4) is 11.1 Å². The van der Waals surface area contributed by atoms with Crippen LogP contribution < -0.4 is 10.6 Å². The van der Waals surface area contributed by atoms with Crippen LogP contribution in [0, 0.1) is 0 Å². The van der Waals surface area contributed by atoms with Crippen molar-refractivity contribution in [3.05, 3.63) is 151 Å². The van der Waals surface area contributed by atoms with Gasteiger partial charge in [-0.1, -0.05) is 110 Å². The third-order valence-electron chi connectivity index (χ3n) is 8.57. The molecule has 0 aliphatic rings. The van der Waals surface area contributed by atoms with Crippen LogP contribution in [0.1, 0.15) is 20.3 Å². The maximum Gasteiger partial charge on any atom is 0.146 e. The Hall–Kier alpha value is -5.11. The lowest BCUT2D eigenvalue weighted by atomic mass is 9.98. The summed E-state index contributed by atoms with van der Waals surface area (Å²) in [5, 5.41) is 8.69. The first-order chi connectivity index (χ1) is 22.2. The van der Waals surface area contributed by atoms with E-state index in [4.69, 9.17) is 9.97 Å². The predicted octanol–water partition coefficient (Wildman–Crippen LogP) is 10.3. The number of allylic oxidation sites excluding steroid dienone is 4. The van der Waals surface area contributed by atoms with Crippen LogP contribution in [0.3, 0.4) is 0 Å². The smallest absolute Gasteiger partial charge is 0.146 e. The fraction of sp³-hybridized carbons (Fsp3) is 0.0732. The number of imidazole rings is 1. The Morgan fingerprint density at radius 2 is 1.51 bits per heavy atom. The van der Waals surface area contributed by atoms with Gasteiger partial charge < -0.3 is 0 Å². The Bertz CT molecular complexity index is 2420. The lowest BCUT2D eigenvalue weighted by Gasteiger charge is -2.21. The number of fused-ring (bicyclic) bond motifs is 10. The van der Waals surface area contributed by atoms with E-state index >= 15 is 0 Å². The van der Waals surface area contributed by atoms with Gasteiger partial charge in [-0.2, -0.15) is 0 Å². The van der Waals surface area contributed by atoms with E-state index < -0.39 is 7.92 Å². The lowest BCUT2D eigenvalue weighted by Crippen LogP contribution is -2.12. The molecule has 0 saturated heterocycles. The van der Waals surface area contributed by atoms with Gasteiger partial charge in [0, 0.05) is 27.7 Å². The Morgan fingerprint density at radius 3 is 2.33 bits per heavy atom. The second-order valence-corrected chi connectivity index (χ2v) is 13.5. The summed E-state index contributed by atoms with van der Waals surface area (Å²) in [6.45, 7) is 4.32. The number of nitrogens with zero attached hydrogens (tertiary/aromatic N) is 3. The molecule has 0 bridgehead atoms. The Balaban J connectivity index is 1.34. The van der Waals surface area contributed by atoms with Crippen molar-refractivity contribution in [2.24, 2.45) is 0 Å². The SMILES string of the molecule is C/C=C\C(=C/CC)P(c1ccccc1)c1ccc(-c2ccc3c(c2)c2c(ccc4cccnc42)c2nc4ccccc4n32)cc1. The van der Waals surface area contributed by atoms with E-state index in [2.05, 4.69) is 152 Å². The molecule has 0 saturated carbocycles. The van der Waals surface area contributed by atoms with E-state index in [1.54, 1.807) is 0 Å². The molecule has 0 radical (unpaired) electrons. The number of para-hydroxylation sites is 2. The quantitative estimate of drug-likeness (QED) is 0.108. The topological polar surface area (TPSA) is 30.2 Å². The second kappa shape index (κ2) is 11.4. The van der Waals surface area contributed by atoms with E-state index in [1.165, 1.54) is 32.4 Å². The zero-order valence-electron chi connectivity index (χ0n) is 25.4. The molecule has 0 amide bonds. The fourth-order valence-electron chi connectivity index (χ4n) is 6.61.